The van der Waals surface area contributed by atoms with Crippen LogP contribution in [0.15, 0.2) is 53.2 Å². The van der Waals surface area contributed by atoms with Crippen molar-refractivity contribution < 1.29 is 27.9 Å². The molecule has 0 unspecified atom stereocenters. The highest BCUT2D eigenvalue weighted by Crippen LogP contribution is 2.26. The molecular formula is C19H18FNO5. The first kappa shape index (κ1) is 17.7. The van der Waals surface area contributed by atoms with E-state index in [1.807, 2.05) is 0 Å². The van der Waals surface area contributed by atoms with Crippen LogP contribution >= 0.6 is 0 Å². The Labute approximate surface area is 149 Å². The first-order valence-electron chi connectivity index (χ1n) is 8.09. The SMILES string of the molecule is COC(=O)[C@H]1C[C@H](Oc2ccccc2F)CN1C(=O)/C=C/c1ccco1. The summed E-state index contributed by atoms with van der Waals surface area (Å²) >= 11 is 0. The minimum atomic E-state index is -0.787. The summed E-state index contributed by atoms with van der Waals surface area (Å²) in [5.41, 5.74) is 0. The second-order valence-corrected chi connectivity index (χ2v) is 5.78. The minimum absolute atomic E-state index is 0.0848. The van der Waals surface area contributed by atoms with Crippen LogP contribution in [0.3, 0.4) is 0 Å². The number of amides is 1. The molecule has 6 nitrogen and oxygen atoms in total. The maximum absolute atomic E-state index is 13.8. The first-order valence-corrected chi connectivity index (χ1v) is 8.09. The molecule has 1 aromatic carbocycles. The second kappa shape index (κ2) is 7.86. The van der Waals surface area contributed by atoms with Crippen LogP contribution in [-0.2, 0) is 14.3 Å². The van der Waals surface area contributed by atoms with E-state index < -0.39 is 23.9 Å². The highest BCUT2D eigenvalue weighted by atomic mass is 19.1. The summed E-state index contributed by atoms with van der Waals surface area (Å²) in [6.07, 6.45) is 4.04. The molecule has 2 atom stereocenters. The van der Waals surface area contributed by atoms with Crippen molar-refractivity contribution in [1.29, 1.82) is 0 Å². The van der Waals surface area contributed by atoms with Gasteiger partial charge >= 0.3 is 5.97 Å². The Kier molecular flexibility index (Phi) is 5.36. The van der Waals surface area contributed by atoms with Gasteiger partial charge in [0.05, 0.1) is 19.9 Å². The molecular weight excluding hydrogens is 341 g/mol. The molecule has 1 fully saturated rings. The predicted molar refractivity (Wildman–Crippen MR) is 90.7 cm³/mol. The molecule has 1 aliphatic rings. The van der Waals surface area contributed by atoms with Crippen molar-refractivity contribution in [2.75, 3.05) is 13.7 Å². The molecule has 0 saturated carbocycles. The molecule has 0 N–H and O–H groups in total. The van der Waals surface area contributed by atoms with Crippen LogP contribution in [-0.4, -0.2) is 42.6 Å². The van der Waals surface area contributed by atoms with Gasteiger partial charge in [0.1, 0.15) is 17.9 Å². The van der Waals surface area contributed by atoms with Crippen LogP contribution in [0.1, 0.15) is 12.2 Å². The normalized spacial score (nSPS) is 19.7. The van der Waals surface area contributed by atoms with Gasteiger partial charge in [-0.1, -0.05) is 12.1 Å². The lowest BCUT2D eigenvalue weighted by atomic mass is 10.2. The third-order valence-electron chi connectivity index (χ3n) is 4.08. The van der Waals surface area contributed by atoms with Gasteiger partial charge in [-0.2, -0.15) is 0 Å². The fourth-order valence-electron chi connectivity index (χ4n) is 2.84. The van der Waals surface area contributed by atoms with E-state index in [1.54, 1.807) is 24.3 Å². The van der Waals surface area contributed by atoms with Crippen molar-refractivity contribution in [3.8, 4) is 5.75 Å². The quantitative estimate of drug-likeness (QED) is 0.606. The molecule has 1 saturated heterocycles. The number of rotatable bonds is 5. The summed E-state index contributed by atoms with van der Waals surface area (Å²) in [6, 6.07) is 8.63. The van der Waals surface area contributed by atoms with Crippen LogP contribution in [0.2, 0.25) is 0 Å². The maximum Gasteiger partial charge on any atom is 0.328 e. The van der Waals surface area contributed by atoms with Gasteiger partial charge in [-0.05, 0) is 30.3 Å². The monoisotopic (exact) mass is 359 g/mol. The number of nitrogens with zero attached hydrogens (tertiary/aromatic N) is 1. The Hall–Kier alpha value is -3.09. The van der Waals surface area contributed by atoms with E-state index in [0.717, 1.165) is 0 Å². The Bertz CT molecular complexity index is 802. The number of hydrogen-bond acceptors (Lipinski definition) is 5. The average molecular weight is 359 g/mol. The van der Waals surface area contributed by atoms with Gasteiger partial charge in [0, 0.05) is 12.5 Å². The summed E-state index contributed by atoms with van der Waals surface area (Å²) in [6.45, 7) is 0.148. The number of benzene rings is 1. The fraction of sp³-hybridized carbons (Fsp3) is 0.263. The molecule has 0 aliphatic carbocycles. The highest BCUT2D eigenvalue weighted by molar-refractivity contribution is 5.94. The minimum Gasteiger partial charge on any atom is -0.485 e. The Morgan fingerprint density at radius 3 is 2.77 bits per heavy atom. The van der Waals surface area contributed by atoms with Crippen LogP contribution < -0.4 is 4.74 Å². The van der Waals surface area contributed by atoms with Crippen LogP contribution in [0.4, 0.5) is 4.39 Å². The number of para-hydroxylation sites is 1. The van der Waals surface area contributed by atoms with Gasteiger partial charge in [0.15, 0.2) is 11.6 Å². The predicted octanol–water partition coefficient (Wildman–Crippen LogP) is 2.65. The van der Waals surface area contributed by atoms with Gasteiger partial charge in [-0.25, -0.2) is 9.18 Å². The largest absolute Gasteiger partial charge is 0.485 e. The zero-order valence-electron chi connectivity index (χ0n) is 14.1. The van der Waals surface area contributed by atoms with Crippen LogP contribution in [0.25, 0.3) is 6.08 Å². The average Bonchev–Trinajstić information content (AvgIpc) is 3.31. The number of carbonyl (C=O) groups is 2. The Morgan fingerprint density at radius 1 is 1.27 bits per heavy atom. The van der Waals surface area contributed by atoms with Crippen molar-refractivity contribution in [2.45, 2.75) is 18.6 Å². The van der Waals surface area contributed by atoms with E-state index in [0.29, 0.717) is 5.76 Å². The van der Waals surface area contributed by atoms with Crippen molar-refractivity contribution in [3.05, 3.63) is 60.3 Å². The van der Waals surface area contributed by atoms with E-state index in [-0.39, 0.29) is 24.6 Å². The highest BCUT2D eigenvalue weighted by Gasteiger charge is 2.41. The Morgan fingerprint density at radius 2 is 2.08 bits per heavy atom. The lowest BCUT2D eigenvalue weighted by Gasteiger charge is -2.20. The lowest BCUT2D eigenvalue weighted by molar-refractivity contribution is -0.149. The maximum atomic E-state index is 13.8. The Balaban J connectivity index is 1.73. The van der Waals surface area contributed by atoms with Crippen LogP contribution in [0.5, 0.6) is 5.75 Å². The number of methoxy groups -OCH3 is 1. The van der Waals surface area contributed by atoms with Crippen molar-refractivity contribution in [2.24, 2.45) is 0 Å². The summed E-state index contributed by atoms with van der Waals surface area (Å²) in [5, 5.41) is 0. The number of esters is 1. The third-order valence-corrected chi connectivity index (χ3v) is 4.08. The summed E-state index contributed by atoms with van der Waals surface area (Å²) in [4.78, 5) is 25.9. The molecule has 2 heterocycles. The molecule has 0 radical (unpaired) electrons. The third kappa shape index (κ3) is 3.93. The van der Waals surface area contributed by atoms with Crippen LogP contribution in [0, 0.1) is 5.82 Å². The van der Waals surface area contributed by atoms with Gasteiger partial charge in [0.2, 0.25) is 5.91 Å². The zero-order chi connectivity index (χ0) is 18.5. The number of furan rings is 1. The number of hydrogen-bond donors (Lipinski definition) is 0. The van der Waals surface area contributed by atoms with Crippen molar-refractivity contribution in [3.63, 3.8) is 0 Å². The zero-order valence-corrected chi connectivity index (χ0v) is 14.1. The smallest absolute Gasteiger partial charge is 0.328 e. The molecule has 2 aromatic rings. The second-order valence-electron chi connectivity index (χ2n) is 5.78. The van der Waals surface area contributed by atoms with Gasteiger partial charge in [-0.15, -0.1) is 0 Å². The molecule has 1 aliphatic heterocycles. The number of carbonyl (C=O) groups excluding carboxylic acids is 2. The van der Waals surface area contributed by atoms with Crippen molar-refractivity contribution in [1.82, 2.24) is 4.90 Å². The molecule has 0 bridgehead atoms. The molecule has 0 spiro atoms. The van der Waals surface area contributed by atoms with Gasteiger partial charge in [-0.3, -0.25) is 4.79 Å². The topological polar surface area (TPSA) is 69.0 Å². The summed E-state index contributed by atoms with van der Waals surface area (Å²) in [7, 11) is 1.26. The fourth-order valence-corrected chi connectivity index (χ4v) is 2.84. The number of ether oxygens (including phenoxy) is 2. The van der Waals surface area contributed by atoms with E-state index >= 15 is 0 Å². The summed E-state index contributed by atoms with van der Waals surface area (Å²) < 4.78 is 29.3. The van der Waals surface area contributed by atoms with E-state index in [4.69, 9.17) is 13.9 Å². The van der Waals surface area contributed by atoms with Gasteiger partial charge in [0.25, 0.3) is 0 Å². The molecule has 1 aromatic heterocycles. The molecule has 136 valence electrons. The number of likely N-dealkylation sites (tertiary alicyclic amines) is 1. The summed E-state index contributed by atoms with van der Waals surface area (Å²) in [5.74, 6) is -0.807. The van der Waals surface area contributed by atoms with E-state index in [1.165, 1.54) is 42.6 Å². The van der Waals surface area contributed by atoms with E-state index in [9.17, 15) is 14.0 Å². The molecule has 1 amide bonds. The van der Waals surface area contributed by atoms with E-state index in [2.05, 4.69) is 0 Å². The molecule has 26 heavy (non-hydrogen) atoms. The standard InChI is InChI=1S/C19H18FNO5/c1-24-19(23)16-11-14(26-17-7-3-2-6-15(17)20)12-21(16)18(22)9-8-13-5-4-10-25-13/h2-10,14,16H,11-12H2,1H3/b9-8+/t14-,16+/m0/s1. The molecule has 7 heteroatoms. The van der Waals surface area contributed by atoms with Crippen molar-refractivity contribution >= 4 is 18.0 Å². The molecule has 3 rings (SSSR count). The number of halogens is 1. The lowest BCUT2D eigenvalue weighted by Crippen LogP contribution is -2.40. The first-order chi connectivity index (χ1) is 12.6. The van der Waals surface area contributed by atoms with Gasteiger partial charge < -0.3 is 18.8 Å².